The molecule has 0 saturated heterocycles. The van der Waals surface area contributed by atoms with Crippen LogP contribution in [-0.2, 0) is 4.79 Å². The third-order valence-corrected chi connectivity index (χ3v) is 5.06. The summed E-state index contributed by atoms with van der Waals surface area (Å²) in [6.07, 6.45) is 23.4. The van der Waals surface area contributed by atoms with Gasteiger partial charge in [-0.25, -0.2) is 0 Å². The minimum Gasteiger partial charge on any atom is -0.633 e. The molecule has 0 aromatic carbocycles. The first-order valence-corrected chi connectivity index (χ1v) is 11.7. The quantitative estimate of drug-likeness (QED) is 0.125. The Bertz CT molecular complexity index is 434. The van der Waals surface area contributed by atoms with Gasteiger partial charge in [-0.05, 0) is 38.5 Å². The largest absolute Gasteiger partial charge is 0.633 e. The van der Waals surface area contributed by atoms with E-state index in [1.54, 1.807) is 7.05 Å². The number of hydrogen-bond donors (Lipinski definition) is 2. The highest BCUT2D eigenvalue weighted by molar-refractivity contribution is 5.75. The van der Waals surface area contributed by atoms with Gasteiger partial charge in [0, 0.05) is 19.4 Å². The van der Waals surface area contributed by atoms with Crippen molar-refractivity contribution in [1.29, 1.82) is 0 Å². The maximum atomic E-state index is 11.8. The number of carbonyl (C=O) groups excluding carboxylic acids is 1. The number of rotatable bonds is 20. The molecule has 0 bridgehead atoms. The minimum atomic E-state index is -0.447. The summed E-state index contributed by atoms with van der Waals surface area (Å²) in [5.74, 6) is 0.0814. The molecular formula is C24H46N2O3. The van der Waals surface area contributed by atoms with Crippen LogP contribution in [0, 0.1) is 5.21 Å². The number of hydroxylamine groups is 3. The summed E-state index contributed by atoms with van der Waals surface area (Å²) in [5, 5.41) is 23.5. The molecular weight excluding hydrogens is 364 g/mol. The SMILES string of the molecule is CCCCCC=CCC=CCCCCCCCC(=O)NCCC[N+](C)([O-])CCO. The second kappa shape index (κ2) is 20.1. The number of likely N-dealkylation sites (N-methyl/N-ethyl adjacent to an activating group) is 1. The molecule has 5 heteroatoms. The van der Waals surface area contributed by atoms with Crippen LogP contribution in [0.5, 0.6) is 0 Å². The standard InChI is InChI=1S/C24H46N2O3/c1-3-4-5-6-7-8-9-10-11-12-13-14-15-16-17-19-24(28)25-20-18-21-26(2,29)22-23-27/h7-8,10-11,27H,3-6,9,12-23H2,1-2H3,(H,25,28). The Hall–Kier alpha value is -1.17. The summed E-state index contributed by atoms with van der Waals surface area (Å²) in [4.78, 5) is 11.8. The molecule has 2 N–H and O–H groups in total. The first kappa shape index (κ1) is 27.8. The number of hydrogen-bond acceptors (Lipinski definition) is 3. The fourth-order valence-electron chi connectivity index (χ4n) is 3.15. The van der Waals surface area contributed by atoms with Gasteiger partial charge in [0.2, 0.25) is 5.91 Å². The van der Waals surface area contributed by atoms with Crippen LogP contribution >= 0.6 is 0 Å². The van der Waals surface area contributed by atoms with Crippen molar-refractivity contribution in [1.82, 2.24) is 5.32 Å². The Morgan fingerprint density at radius 1 is 0.897 bits per heavy atom. The van der Waals surface area contributed by atoms with Gasteiger partial charge in [0.1, 0.15) is 6.54 Å². The number of aliphatic hydroxyl groups excluding tert-OH is 1. The van der Waals surface area contributed by atoms with E-state index in [4.69, 9.17) is 5.11 Å². The number of unbranched alkanes of at least 4 members (excludes halogenated alkanes) is 8. The molecule has 0 aromatic heterocycles. The molecule has 1 amide bonds. The van der Waals surface area contributed by atoms with E-state index in [1.807, 2.05) is 0 Å². The molecule has 1 atom stereocenters. The first-order chi connectivity index (χ1) is 14.0. The van der Waals surface area contributed by atoms with Crippen LogP contribution in [0.4, 0.5) is 0 Å². The molecule has 5 nitrogen and oxygen atoms in total. The lowest BCUT2D eigenvalue weighted by Crippen LogP contribution is -2.42. The third-order valence-electron chi connectivity index (χ3n) is 5.06. The van der Waals surface area contributed by atoms with Crippen LogP contribution in [0.3, 0.4) is 0 Å². The van der Waals surface area contributed by atoms with Crippen LogP contribution in [0.2, 0.25) is 0 Å². The number of nitrogens with zero attached hydrogens (tertiary/aromatic N) is 1. The lowest BCUT2D eigenvalue weighted by Gasteiger charge is -2.38. The molecule has 0 aliphatic heterocycles. The fourth-order valence-corrected chi connectivity index (χ4v) is 3.15. The Morgan fingerprint density at radius 2 is 1.52 bits per heavy atom. The summed E-state index contributed by atoms with van der Waals surface area (Å²) < 4.78 is -0.447. The molecule has 0 rings (SSSR count). The molecule has 0 heterocycles. The normalized spacial score (nSPS) is 13.9. The van der Waals surface area contributed by atoms with Crippen molar-refractivity contribution >= 4 is 5.91 Å². The Kier molecular flexibility index (Phi) is 19.3. The molecule has 29 heavy (non-hydrogen) atoms. The number of quaternary nitrogens is 1. The van der Waals surface area contributed by atoms with Gasteiger partial charge < -0.3 is 20.3 Å². The number of amides is 1. The zero-order chi connectivity index (χ0) is 21.6. The lowest BCUT2D eigenvalue weighted by molar-refractivity contribution is -0.861. The van der Waals surface area contributed by atoms with Crippen molar-refractivity contribution in [2.45, 2.75) is 90.4 Å². The topological polar surface area (TPSA) is 72.4 Å². The Morgan fingerprint density at radius 3 is 2.17 bits per heavy atom. The monoisotopic (exact) mass is 410 g/mol. The predicted octanol–water partition coefficient (Wildman–Crippen LogP) is 5.24. The molecule has 0 fully saturated rings. The Labute approximate surface area is 179 Å². The predicted molar refractivity (Wildman–Crippen MR) is 123 cm³/mol. The highest BCUT2D eigenvalue weighted by Gasteiger charge is 2.08. The second-order valence-electron chi connectivity index (χ2n) is 8.15. The van der Waals surface area contributed by atoms with E-state index in [2.05, 4.69) is 36.5 Å². The highest BCUT2D eigenvalue weighted by atomic mass is 16.5. The van der Waals surface area contributed by atoms with E-state index in [9.17, 15) is 10.0 Å². The molecule has 0 spiro atoms. The van der Waals surface area contributed by atoms with Gasteiger partial charge in [-0.15, -0.1) is 0 Å². The van der Waals surface area contributed by atoms with Crippen molar-refractivity contribution in [2.24, 2.45) is 0 Å². The van der Waals surface area contributed by atoms with Gasteiger partial charge in [0.25, 0.3) is 0 Å². The van der Waals surface area contributed by atoms with Gasteiger partial charge in [-0.2, -0.15) is 0 Å². The number of nitrogens with one attached hydrogen (secondary N) is 1. The molecule has 1 unspecified atom stereocenters. The number of allylic oxidation sites excluding steroid dienone is 4. The zero-order valence-electron chi connectivity index (χ0n) is 19.0. The van der Waals surface area contributed by atoms with Crippen LogP contribution in [0.25, 0.3) is 0 Å². The van der Waals surface area contributed by atoms with Gasteiger partial charge >= 0.3 is 0 Å². The van der Waals surface area contributed by atoms with Crippen LogP contribution < -0.4 is 5.32 Å². The van der Waals surface area contributed by atoms with Crippen molar-refractivity contribution in [2.75, 3.05) is 33.3 Å². The Balaban J connectivity index is 3.39. The fraction of sp³-hybridized carbons (Fsp3) is 0.792. The summed E-state index contributed by atoms with van der Waals surface area (Å²) in [6, 6.07) is 0. The van der Waals surface area contributed by atoms with Crippen molar-refractivity contribution in [3.63, 3.8) is 0 Å². The first-order valence-electron chi connectivity index (χ1n) is 11.7. The van der Waals surface area contributed by atoms with Gasteiger partial charge in [-0.1, -0.05) is 63.3 Å². The maximum absolute atomic E-state index is 11.8. The van der Waals surface area contributed by atoms with Gasteiger partial charge in [0.05, 0.1) is 20.2 Å². The number of carbonyl (C=O) groups is 1. The molecule has 0 radical (unpaired) electrons. The van der Waals surface area contributed by atoms with Crippen molar-refractivity contribution in [3.05, 3.63) is 29.5 Å². The van der Waals surface area contributed by atoms with Crippen molar-refractivity contribution in [3.8, 4) is 0 Å². The summed E-state index contributed by atoms with van der Waals surface area (Å²) in [7, 11) is 1.56. The summed E-state index contributed by atoms with van der Waals surface area (Å²) in [5.41, 5.74) is 0. The van der Waals surface area contributed by atoms with Gasteiger partial charge in [0.15, 0.2) is 0 Å². The van der Waals surface area contributed by atoms with Crippen LogP contribution in [0.1, 0.15) is 90.4 Å². The highest BCUT2D eigenvalue weighted by Crippen LogP contribution is 2.08. The summed E-state index contributed by atoms with van der Waals surface area (Å²) >= 11 is 0. The second-order valence-corrected chi connectivity index (χ2v) is 8.15. The molecule has 0 aromatic rings. The van der Waals surface area contributed by atoms with E-state index >= 15 is 0 Å². The lowest BCUT2D eigenvalue weighted by atomic mass is 10.1. The summed E-state index contributed by atoms with van der Waals surface area (Å²) in [6.45, 7) is 3.31. The van der Waals surface area contributed by atoms with E-state index in [0.717, 1.165) is 25.7 Å². The van der Waals surface area contributed by atoms with Gasteiger partial charge in [-0.3, -0.25) is 4.79 Å². The molecule has 0 aliphatic rings. The average molecular weight is 411 g/mol. The minimum absolute atomic E-state index is 0.0814. The molecule has 0 aliphatic carbocycles. The van der Waals surface area contributed by atoms with Crippen LogP contribution in [-0.4, -0.2) is 48.9 Å². The van der Waals surface area contributed by atoms with Crippen LogP contribution in [0.15, 0.2) is 24.3 Å². The number of aliphatic hydroxyl groups is 1. The molecule has 0 saturated carbocycles. The van der Waals surface area contributed by atoms with Crippen molar-refractivity contribution < 1.29 is 14.5 Å². The zero-order valence-corrected chi connectivity index (χ0v) is 19.0. The maximum Gasteiger partial charge on any atom is 0.219 e. The van der Waals surface area contributed by atoms with E-state index in [1.165, 1.54) is 44.9 Å². The van der Waals surface area contributed by atoms with E-state index in [0.29, 0.717) is 25.9 Å². The molecule has 170 valence electrons. The average Bonchev–Trinajstić information content (AvgIpc) is 2.68. The van der Waals surface area contributed by atoms with E-state index in [-0.39, 0.29) is 19.1 Å². The third kappa shape index (κ3) is 21.4. The van der Waals surface area contributed by atoms with E-state index < -0.39 is 4.65 Å². The smallest absolute Gasteiger partial charge is 0.219 e.